The van der Waals surface area contributed by atoms with Crippen molar-refractivity contribution in [2.75, 3.05) is 13.1 Å². The molecule has 1 saturated heterocycles. The molecule has 0 N–H and O–H groups in total. The van der Waals surface area contributed by atoms with Crippen LogP contribution >= 0.6 is 0 Å². The van der Waals surface area contributed by atoms with E-state index < -0.39 is 0 Å². The molecule has 0 bridgehead atoms. The van der Waals surface area contributed by atoms with Gasteiger partial charge < -0.3 is 4.90 Å². The fraction of sp³-hybridized carbons (Fsp3) is 0.471. The third-order valence-electron chi connectivity index (χ3n) is 4.28. The summed E-state index contributed by atoms with van der Waals surface area (Å²) in [6.45, 7) is 1.60. The molecule has 2 heterocycles. The van der Waals surface area contributed by atoms with Crippen molar-refractivity contribution in [3.05, 3.63) is 48.3 Å². The lowest BCUT2D eigenvalue weighted by molar-refractivity contribution is -0.130. The van der Waals surface area contributed by atoms with Crippen LogP contribution in [0.3, 0.4) is 0 Å². The van der Waals surface area contributed by atoms with Crippen LogP contribution < -0.4 is 0 Å². The highest BCUT2D eigenvalue weighted by Gasteiger charge is 2.27. The van der Waals surface area contributed by atoms with E-state index in [1.165, 1.54) is 5.56 Å². The largest absolute Gasteiger partial charge is 0.340 e. The van der Waals surface area contributed by atoms with E-state index in [2.05, 4.69) is 34.6 Å². The van der Waals surface area contributed by atoms with E-state index in [9.17, 15) is 4.79 Å². The van der Waals surface area contributed by atoms with Gasteiger partial charge in [0.2, 0.25) is 5.91 Å². The summed E-state index contributed by atoms with van der Waals surface area (Å²) in [5.41, 5.74) is 1.35. The fourth-order valence-corrected chi connectivity index (χ4v) is 3.00. The predicted octanol–water partition coefficient (Wildman–Crippen LogP) is 2.46. The Balaban J connectivity index is 1.38. The maximum atomic E-state index is 12.3. The van der Waals surface area contributed by atoms with Gasteiger partial charge in [-0.25, -0.2) is 4.68 Å². The average Bonchev–Trinajstić information content (AvgIpc) is 3.22. The Morgan fingerprint density at radius 1 is 1.23 bits per heavy atom. The molecule has 1 atom stereocenters. The van der Waals surface area contributed by atoms with Crippen LogP contribution in [0.15, 0.2) is 42.7 Å². The molecule has 5 heteroatoms. The smallest absolute Gasteiger partial charge is 0.222 e. The summed E-state index contributed by atoms with van der Waals surface area (Å²) in [5, 5.41) is 7.87. The van der Waals surface area contributed by atoms with Gasteiger partial charge in [-0.05, 0) is 31.2 Å². The third kappa shape index (κ3) is 3.72. The molecule has 0 aliphatic carbocycles. The Morgan fingerprint density at radius 3 is 2.86 bits per heavy atom. The van der Waals surface area contributed by atoms with Crippen molar-refractivity contribution in [2.24, 2.45) is 0 Å². The quantitative estimate of drug-likeness (QED) is 0.770. The van der Waals surface area contributed by atoms with Crippen LogP contribution in [0, 0.1) is 0 Å². The van der Waals surface area contributed by atoms with Crippen molar-refractivity contribution in [2.45, 2.75) is 38.1 Å². The molecule has 116 valence electrons. The van der Waals surface area contributed by atoms with Crippen molar-refractivity contribution >= 4 is 5.91 Å². The zero-order valence-corrected chi connectivity index (χ0v) is 12.8. The summed E-state index contributed by atoms with van der Waals surface area (Å²) in [7, 11) is 0. The number of aromatic nitrogens is 3. The van der Waals surface area contributed by atoms with Crippen molar-refractivity contribution in [1.29, 1.82) is 0 Å². The topological polar surface area (TPSA) is 51.0 Å². The number of carbonyl (C=O) groups is 1. The average molecular weight is 298 g/mol. The summed E-state index contributed by atoms with van der Waals surface area (Å²) in [6, 6.07) is 10.7. The van der Waals surface area contributed by atoms with E-state index in [1.807, 2.05) is 21.8 Å². The van der Waals surface area contributed by atoms with E-state index in [-0.39, 0.29) is 11.9 Å². The number of hydrogen-bond acceptors (Lipinski definition) is 3. The molecule has 1 unspecified atom stereocenters. The molecule has 1 fully saturated rings. The lowest BCUT2D eigenvalue weighted by atomic mass is 10.1. The molecule has 1 aromatic carbocycles. The normalized spacial score (nSPS) is 17.8. The van der Waals surface area contributed by atoms with Crippen LogP contribution in [0.4, 0.5) is 0 Å². The van der Waals surface area contributed by atoms with Crippen LogP contribution in [0.5, 0.6) is 0 Å². The molecule has 0 radical (unpaired) electrons. The molecule has 22 heavy (non-hydrogen) atoms. The first-order valence-corrected chi connectivity index (χ1v) is 8.00. The molecule has 1 aliphatic heterocycles. The number of nitrogens with zero attached hydrogens (tertiary/aromatic N) is 4. The minimum absolute atomic E-state index is 0.274. The van der Waals surface area contributed by atoms with Crippen LogP contribution in [0.25, 0.3) is 0 Å². The van der Waals surface area contributed by atoms with E-state index in [0.29, 0.717) is 6.42 Å². The van der Waals surface area contributed by atoms with Gasteiger partial charge in [0.05, 0.1) is 12.2 Å². The van der Waals surface area contributed by atoms with Gasteiger partial charge in [0.25, 0.3) is 0 Å². The van der Waals surface area contributed by atoms with Gasteiger partial charge in [-0.3, -0.25) is 4.79 Å². The molecule has 3 rings (SSSR count). The number of unbranched alkanes of at least 4 members (excludes halogenated alkanes) is 1. The maximum Gasteiger partial charge on any atom is 0.222 e. The van der Waals surface area contributed by atoms with Crippen molar-refractivity contribution in [3.8, 4) is 0 Å². The molecule has 1 aromatic heterocycles. The number of rotatable bonds is 6. The van der Waals surface area contributed by atoms with E-state index in [1.54, 1.807) is 6.20 Å². The second-order valence-electron chi connectivity index (χ2n) is 5.86. The Labute approximate surface area is 130 Å². The van der Waals surface area contributed by atoms with E-state index in [0.717, 1.165) is 38.8 Å². The number of benzene rings is 1. The summed E-state index contributed by atoms with van der Waals surface area (Å²) in [4.78, 5) is 14.2. The first-order chi connectivity index (χ1) is 10.8. The predicted molar refractivity (Wildman–Crippen MR) is 84.3 cm³/mol. The van der Waals surface area contributed by atoms with Gasteiger partial charge in [0.15, 0.2) is 0 Å². The van der Waals surface area contributed by atoms with Crippen molar-refractivity contribution in [3.63, 3.8) is 0 Å². The minimum atomic E-state index is 0.274. The van der Waals surface area contributed by atoms with Gasteiger partial charge >= 0.3 is 0 Å². The van der Waals surface area contributed by atoms with Crippen LogP contribution in [0.1, 0.15) is 37.3 Å². The van der Waals surface area contributed by atoms with Gasteiger partial charge in [-0.2, -0.15) is 0 Å². The molecular weight excluding hydrogens is 276 g/mol. The number of amides is 1. The van der Waals surface area contributed by atoms with Gasteiger partial charge in [0.1, 0.15) is 0 Å². The molecule has 5 nitrogen and oxygen atoms in total. The molecule has 1 aliphatic rings. The van der Waals surface area contributed by atoms with Crippen LogP contribution in [-0.4, -0.2) is 38.9 Å². The number of hydrogen-bond donors (Lipinski definition) is 0. The van der Waals surface area contributed by atoms with Crippen LogP contribution in [0.2, 0.25) is 0 Å². The number of aryl methyl sites for hydroxylation is 1. The summed E-state index contributed by atoms with van der Waals surface area (Å²) >= 11 is 0. The first kappa shape index (κ1) is 14.8. The number of carbonyl (C=O) groups excluding carboxylic acids is 1. The van der Waals surface area contributed by atoms with Crippen molar-refractivity contribution < 1.29 is 4.79 Å². The second kappa shape index (κ2) is 7.20. The SMILES string of the molecule is O=C(CCCCc1ccccc1)N1CCC(n2ccnn2)C1. The van der Waals surface area contributed by atoms with Crippen LogP contribution in [-0.2, 0) is 11.2 Å². The monoisotopic (exact) mass is 298 g/mol. The zero-order valence-electron chi connectivity index (χ0n) is 12.8. The van der Waals surface area contributed by atoms with Crippen molar-refractivity contribution in [1.82, 2.24) is 19.9 Å². The molecule has 0 saturated carbocycles. The molecule has 2 aromatic rings. The van der Waals surface area contributed by atoms with Gasteiger partial charge in [0, 0.05) is 25.7 Å². The minimum Gasteiger partial charge on any atom is -0.340 e. The summed E-state index contributed by atoms with van der Waals surface area (Å²) < 4.78 is 1.86. The fourth-order valence-electron chi connectivity index (χ4n) is 3.00. The lowest BCUT2D eigenvalue weighted by Crippen LogP contribution is -2.29. The first-order valence-electron chi connectivity index (χ1n) is 8.00. The zero-order chi connectivity index (χ0) is 15.2. The maximum absolute atomic E-state index is 12.3. The Morgan fingerprint density at radius 2 is 2.09 bits per heavy atom. The highest BCUT2D eigenvalue weighted by atomic mass is 16.2. The highest BCUT2D eigenvalue weighted by Crippen LogP contribution is 2.21. The molecular formula is C17H22N4O. The molecule has 0 spiro atoms. The Bertz CT molecular complexity index is 582. The third-order valence-corrected chi connectivity index (χ3v) is 4.28. The Kier molecular flexibility index (Phi) is 4.83. The lowest BCUT2D eigenvalue weighted by Gasteiger charge is -2.16. The Hall–Kier alpha value is -2.17. The standard InChI is InChI=1S/C17H22N4O/c22-17(9-5-4-8-15-6-2-1-3-7-15)20-12-10-16(14-20)21-13-11-18-19-21/h1-3,6-7,11,13,16H,4-5,8-10,12,14H2. The number of likely N-dealkylation sites (tertiary alicyclic amines) is 1. The van der Waals surface area contributed by atoms with Gasteiger partial charge in [-0.1, -0.05) is 35.5 Å². The van der Waals surface area contributed by atoms with E-state index in [4.69, 9.17) is 0 Å². The highest BCUT2D eigenvalue weighted by molar-refractivity contribution is 5.76. The summed E-state index contributed by atoms with van der Waals surface area (Å²) in [6.07, 6.45) is 8.26. The second-order valence-corrected chi connectivity index (χ2v) is 5.86. The molecule has 1 amide bonds. The summed E-state index contributed by atoms with van der Waals surface area (Å²) in [5.74, 6) is 0.274. The van der Waals surface area contributed by atoms with Gasteiger partial charge in [-0.15, -0.1) is 5.10 Å². The van der Waals surface area contributed by atoms with E-state index >= 15 is 0 Å².